The average Bonchev–Trinajstić information content (AvgIpc) is 2.13. The third-order valence-corrected chi connectivity index (χ3v) is 4.13. The van der Waals surface area contributed by atoms with Gasteiger partial charge in [0.2, 0.25) is 10.0 Å². The Labute approximate surface area is 96.8 Å². The lowest BCUT2D eigenvalue weighted by molar-refractivity contribution is 0.0757. The van der Waals surface area contributed by atoms with Crippen LogP contribution >= 0.6 is 0 Å². The van der Waals surface area contributed by atoms with Gasteiger partial charge in [0.15, 0.2) is 0 Å². The van der Waals surface area contributed by atoms with E-state index in [4.69, 9.17) is 5.14 Å². The third kappa shape index (κ3) is 3.39. The minimum atomic E-state index is -3.31. The molecule has 2 saturated heterocycles. The van der Waals surface area contributed by atoms with Crippen LogP contribution in [0.5, 0.6) is 0 Å². The van der Waals surface area contributed by atoms with E-state index in [9.17, 15) is 8.42 Å². The van der Waals surface area contributed by atoms with Crippen LogP contribution in [0.4, 0.5) is 0 Å². The van der Waals surface area contributed by atoms with E-state index in [1.54, 1.807) is 0 Å². The van der Waals surface area contributed by atoms with Crippen molar-refractivity contribution in [2.24, 2.45) is 5.14 Å². The van der Waals surface area contributed by atoms with Crippen molar-refractivity contribution in [1.82, 2.24) is 15.1 Å². The largest absolute Gasteiger partial charge is 0.314 e. The average molecular weight is 248 g/mol. The fraction of sp³-hybridized carbons (Fsp3) is 1.00. The summed E-state index contributed by atoms with van der Waals surface area (Å²) in [5.41, 5.74) is 0. The SMILES string of the molecule is NS(=O)(=O)CCN1CCN(C2CNC2)CC1. The van der Waals surface area contributed by atoms with Crippen molar-refractivity contribution < 1.29 is 8.42 Å². The highest BCUT2D eigenvalue weighted by Gasteiger charge is 2.27. The Kier molecular flexibility index (Phi) is 3.81. The van der Waals surface area contributed by atoms with Gasteiger partial charge in [-0.15, -0.1) is 0 Å². The molecule has 0 atom stereocenters. The van der Waals surface area contributed by atoms with Crippen LogP contribution in [-0.4, -0.2) is 75.8 Å². The Balaban J connectivity index is 1.68. The van der Waals surface area contributed by atoms with Gasteiger partial charge in [0.1, 0.15) is 0 Å². The molecule has 0 saturated carbocycles. The lowest BCUT2D eigenvalue weighted by atomic mass is 10.1. The van der Waals surface area contributed by atoms with Gasteiger partial charge in [-0.05, 0) is 0 Å². The van der Waals surface area contributed by atoms with Crippen molar-refractivity contribution in [3.05, 3.63) is 0 Å². The van der Waals surface area contributed by atoms with Gasteiger partial charge in [-0.1, -0.05) is 0 Å². The zero-order valence-electron chi connectivity index (χ0n) is 9.43. The van der Waals surface area contributed by atoms with Gasteiger partial charge >= 0.3 is 0 Å². The first-order valence-electron chi connectivity index (χ1n) is 5.72. The number of primary sulfonamides is 1. The third-order valence-electron chi connectivity index (χ3n) is 3.38. The lowest BCUT2D eigenvalue weighted by Gasteiger charge is -2.43. The van der Waals surface area contributed by atoms with Crippen LogP contribution in [0.1, 0.15) is 0 Å². The predicted molar refractivity (Wildman–Crippen MR) is 62.6 cm³/mol. The second-order valence-corrected chi connectivity index (χ2v) is 6.29. The number of rotatable bonds is 4. The summed E-state index contributed by atoms with van der Waals surface area (Å²) in [7, 11) is -3.31. The highest BCUT2D eigenvalue weighted by Crippen LogP contribution is 2.09. The quantitative estimate of drug-likeness (QED) is 0.594. The number of hydrogen-bond acceptors (Lipinski definition) is 5. The molecule has 2 rings (SSSR count). The first-order chi connectivity index (χ1) is 7.54. The maximum absolute atomic E-state index is 10.8. The van der Waals surface area contributed by atoms with Crippen molar-refractivity contribution in [2.45, 2.75) is 6.04 Å². The second-order valence-electron chi connectivity index (χ2n) is 4.56. The van der Waals surface area contributed by atoms with Gasteiger partial charge < -0.3 is 5.32 Å². The zero-order valence-corrected chi connectivity index (χ0v) is 10.2. The molecule has 7 heteroatoms. The van der Waals surface area contributed by atoms with E-state index in [2.05, 4.69) is 15.1 Å². The Hall–Kier alpha value is -0.210. The van der Waals surface area contributed by atoms with Crippen LogP contribution in [0.25, 0.3) is 0 Å². The molecular weight excluding hydrogens is 228 g/mol. The molecule has 2 aliphatic heterocycles. The lowest BCUT2D eigenvalue weighted by Crippen LogP contribution is -2.61. The molecule has 0 aromatic rings. The molecule has 2 aliphatic rings. The predicted octanol–water partition coefficient (Wildman–Crippen LogP) is -2.14. The van der Waals surface area contributed by atoms with E-state index >= 15 is 0 Å². The number of sulfonamides is 1. The summed E-state index contributed by atoms with van der Waals surface area (Å²) in [6.07, 6.45) is 0. The van der Waals surface area contributed by atoms with Gasteiger partial charge in [0.25, 0.3) is 0 Å². The van der Waals surface area contributed by atoms with E-state index in [1.165, 1.54) is 0 Å². The smallest absolute Gasteiger partial charge is 0.210 e. The highest BCUT2D eigenvalue weighted by atomic mass is 32.2. The molecule has 6 nitrogen and oxygen atoms in total. The van der Waals surface area contributed by atoms with E-state index in [0.29, 0.717) is 12.6 Å². The summed E-state index contributed by atoms with van der Waals surface area (Å²) in [5, 5.41) is 8.25. The van der Waals surface area contributed by atoms with Gasteiger partial charge in [-0.3, -0.25) is 9.80 Å². The van der Waals surface area contributed by atoms with Crippen LogP contribution in [0.2, 0.25) is 0 Å². The van der Waals surface area contributed by atoms with Gasteiger partial charge in [-0.2, -0.15) is 0 Å². The topological polar surface area (TPSA) is 78.7 Å². The first kappa shape index (κ1) is 12.3. The van der Waals surface area contributed by atoms with E-state index in [-0.39, 0.29) is 5.75 Å². The van der Waals surface area contributed by atoms with Crippen molar-refractivity contribution in [2.75, 3.05) is 51.6 Å². The Morgan fingerprint density at radius 2 is 1.81 bits per heavy atom. The monoisotopic (exact) mass is 248 g/mol. The number of piperazine rings is 1. The van der Waals surface area contributed by atoms with Crippen LogP contribution in [0, 0.1) is 0 Å². The van der Waals surface area contributed by atoms with Crippen LogP contribution < -0.4 is 10.5 Å². The van der Waals surface area contributed by atoms with Gasteiger partial charge in [0, 0.05) is 51.9 Å². The minimum absolute atomic E-state index is 0.0674. The Bertz CT molecular complexity index is 320. The maximum atomic E-state index is 10.8. The second kappa shape index (κ2) is 4.97. The zero-order chi connectivity index (χ0) is 11.6. The molecular formula is C9H20N4O2S. The summed E-state index contributed by atoms with van der Waals surface area (Å²) in [6, 6.07) is 0.695. The van der Waals surface area contributed by atoms with Gasteiger partial charge in [-0.25, -0.2) is 13.6 Å². The number of nitrogens with zero attached hydrogens (tertiary/aromatic N) is 2. The maximum Gasteiger partial charge on any atom is 0.210 e. The fourth-order valence-electron chi connectivity index (χ4n) is 2.14. The summed E-state index contributed by atoms with van der Waals surface area (Å²) in [6.45, 7) is 6.73. The molecule has 0 aromatic carbocycles. The van der Waals surface area contributed by atoms with E-state index in [0.717, 1.165) is 39.3 Å². The van der Waals surface area contributed by atoms with Crippen molar-refractivity contribution >= 4 is 10.0 Å². The molecule has 0 spiro atoms. The van der Waals surface area contributed by atoms with Crippen molar-refractivity contribution in [3.63, 3.8) is 0 Å². The van der Waals surface area contributed by atoms with Crippen molar-refractivity contribution in [3.8, 4) is 0 Å². The molecule has 0 aliphatic carbocycles. The van der Waals surface area contributed by atoms with Crippen LogP contribution in [0.3, 0.4) is 0 Å². The minimum Gasteiger partial charge on any atom is -0.314 e. The fourth-order valence-corrected chi connectivity index (χ4v) is 2.65. The first-order valence-corrected chi connectivity index (χ1v) is 7.44. The molecule has 0 radical (unpaired) electrons. The Morgan fingerprint density at radius 1 is 1.19 bits per heavy atom. The molecule has 16 heavy (non-hydrogen) atoms. The molecule has 0 bridgehead atoms. The Morgan fingerprint density at radius 3 is 2.25 bits per heavy atom. The van der Waals surface area contributed by atoms with Crippen LogP contribution in [0.15, 0.2) is 0 Å². The number of nitrogens with one attached hydrogen (secondary N) is 1. The molecule has 0 amide bonds. The summed E-state index contributed by atoms with van der Waals surface area (Å²) >= 11 is 0. The molecule has 2 fully saturated rings. The molecule has 0 unspecified atom stereocenters. The summed E-state index contributed by atoms with van der Waals surface area (Å²) in [4.78, 5) is 4.65. The summed E-state index contributed by atoms with van der Waals surface area (Å²) < 4.78 is 21.7. The number of hydrogen-bond donors (Lipinski definition) is 2. The standard InChI is InChI=1S/C9H20N4O2S/c10-16(14,15)6-5-12-1-3-13(4-2-12)9-7-11-8-9/h9,11H,1-8H2,(H2,10,14,15). The van der Waals surface area contributed by atoms with Gasteiger partial charge in [0.05, 0.1) is 5.75 Å². The van der Waals surface area contributed by atoms with Crippen LogP contribution in [-0.2, 0) is 10.0 Å². The molecule has 94 valence electrons. The normalized spacial score (nSPS) is 25.6. The molecule has 0 aromatic heterocycles. The number of nitrogens with two attached hydrogens (primary N) is 1. The van der Waals surface area contributed by atoms with Crippen molar-refractivity contribution in [1.29, 1.82) is 0 Å². The summed E-state index contributed by atoms with van der Waals surface area (Å²) in [5.74, 6) is 0.0674. The molecule has 3 N–H and O–H groups in total. The van der Waals surface area contributed by atoms with E-state index < -0.39 is 10.0 Å². The molecule has 2 heterocycles. The highest BCUT2D eigenvalue weighted by molar-refractivity contribution is 7.89. The van der Waals surface area contributed by atoms with E-state index in [1.807, 2.05) is 0 Å².